The number of carbonyl (C=O) groups is 2. The molecular formula is C16H23N3O2. The van der Waals surface area contributed by atoms with Crippen LogP contribution < -0.4 is 5.32 Å². The highest BCUT2D eigenvalue weighted by molar-refractivity contribution is 6.07. The Labute approximate surface area is 125 Å². The minimum absolute atomic E-state index is 0.110. The summed E-state index contributed by atoms with van der Waals surface area (Å²) in [6.45, 7) is 5.02. The Morgan fingerprint density at radius 1 is 1.48 bits per heavy atom. The van der Waals surface area contributed by atoms with Crippen LogP contribution in [0.3, 0.4) is 0 Å². The van der Waals surface area contributed by atoms with Crippen LogP contribution in [0.4, 0.5) is 5.82 Å². The lowest BCUT2D eigenvalue weighted by Gasteiger charge is -2.11. The van der Waals surface area contributed by atoms with E-state index in [9.17, 15) is 9.59 Å². The third kappa shape index (κ3) is 4.03. The maximum Gasteiger partial charge on any atom is 0.238 e. The molecule has 1 fully saturated rings. The van der Waals surface area contributed by atoms with Gasteiger partial charge in [0.05, 0.1) is 0 Å². The van der Waals surface area contributed by atoms with E-state index < -0.39 is 5.92 Å². The number of hydrogen-bond acceptors (Lipinski definition) is 3. The molecule has 2 rings (SSSR count). The molecule has 1 aliphatic heterocycles. The number of anilines is 1. The van der Waals surface area contributed by atoms with Crippen molar-refractivity contribution in [2.45, 2.75) is 33.1 Å². The molecule has 114 valence electrons. The van der Waals surface area contributed by atoms with Crippen molar-refractivity contribution in [3.05, 3.63) is 23.9 Å². The fourth-order valence-corrected chi connectivity index (χ4v) is 2.38. The summed E-state index contributed by atoms with van der Waals surface area (Å²) in [6, 6.07) is 3.78. The molecule has 1 atom stereocenters. The molecule has 1 saturated heterocycles. The molecule has 0 spiro atoms. The highest BCUT2D eigenvalue weighted by Gasteiger charge is 2.34. The second kappa shape index (κ2) is 6.70. The third-order valence-electron chi connectivity index (χ3n) is 3.83. The number of likely N-dealkylation sites (tertiary alicyclic amines) is 1. The standard InChI is InChI=1S/C16H23N3O2/c1-11(2)4-5-12-6-7-14(17-10-12)18-15(20)13-8-9-19(3)16(13)21/h6-7,10-11,13H,4-5,8-9H2,1-3H3,(H,17,18,20). The van der Waals surface area contributed by atoms with Crippen molar-refractivity contribution >= 4 is 17.6 Å². The van der Waals surface area contributed by atoms with Gasteiger partial charge in [0.1, 0.15) is 11.7 Å². The van der Waals surface area contributed by atoms with Gasteiger partial charge in [-0.3, -0.25) is 9.59 Å². The molecule has 0 aromatic carbocycles. The van der Waals surface area contributed by atoms with Gasteiger partial charge in [-0.25, -0.2) is 4.98 Å². The number of aromatic nitrogens is 1. The van der Waals surface area contributed by atoms with Crippen LogP contribution in [-0.2, 0) is 16.0 Å². The molecule has 1 aliphatic rings. The van der Waals surface area contributed by atoms with Gasteiger partial charge in [-0.1, -0.05) is 19.9 Å². The van der Waals surface area contributed by atoms with Gasteiger partial charge in [0.2, 0.25) is 11.8 Å². The first kappa shape index (κ1) is 15.5. The molecule has 5 heteroatoms. The van der Waals surface area contributed by atoms with E-state index in [2.05, 4.69) is 24.1 Å². The summed E-state index contributed by atoms with van der Waals surface area (Å²) in [5, 5.41) is 2.73. The van der Waals surface area contributed by atoms with Gasteiger partial charge in [0.25, 0.3) is 0 Å². The van der Waals surface area contributed by atoms with E-state index in [1.807, 2.05) is 6.07 Å². The van der Waals surface area contributed by atoms with E-state index in [1.165, 1.54) is 5.56 Å². The number of pyridine rings is 1. The van der Waals surface area contributed by atoms with Crippen LogP contribution in [0, 0.1) is 11.8 Å². The van der Waals surface area contributed by atoms with Gasteiger partial charge >= 0.3 is 0 Å². The minimum atomic E-state index is -0.572. The molecule has 0 saturated carbocycles. The molecule has 0 aliphatic carbocycles. The van der Waals surface area contributed by atoms with Crippen molar-refractivity contribution in [1.29, 1.82) is 0 Å². The van der Waals surface area contributed by atoms with E-state index in [1.54, 1.807) is 24.2 Å². The monoisotopic (exact) mass is 289 g/mol. The molecule has 0 bridgehead atoms. The van der Waals surface area contributed by atoms with Gasteiger partial charge in [-0.05, 0) is 36.8 Å². The number of nitrogens with zero attached hydrogens (tertiary/aromatic N) is 2. The fraction of sp³-hybridized carbons (Fsp3) is 0.562. The topological polar surface area (TPSA) is 62.3 Å². The van der Waals surface area contributed by atoms with Crippen LogP contribution in [0.1, 0.15) is 32.3 Å². The predicted molar refractivity (Wildman–Crippen MR) is 81.8 cm³/mol. The number of nitrogens with one attached hydrogen (secondary N) is 1. The zero-order chi connectivity index (χ0) is 15.4. The van der Waals surface area contributed by atoms with Crippen LogP contribution in [0.25, 0.3) is 0 Å². The number of amides is 2. The number of carbonyl (C=O) groups excluding carboxylic acids is 2. The number of rotatable bonds is 5. The van der Waals surface area contributed by atoms with Crippen molar-refractivity contribution < 1.29 is 9.59 Å². The lowest BCUT2D eigenvalue weighted by Crippen LogP contribution is -2.31. The van der Waals surface area contributed by atoms with E-state index >= 15 is 0 Å². The van der Waals surface area contributed by atoms with Gasteiger partial charge in [0, 0.05) is 19.8 Å². The SMILES string of the molecule is CC(C)CCc1ccc(NC(=O)C2CCN(C)C2=O)nc1. The van der Waals surface area contributed by atoms with Crippen molar-refractivity contribution in [3.8, 4) is 0 Å². The van der Waals surface area contributed by atoms with E-state index in [0.717, 1.165) is 12.8 Å². The fourth-order valence-electron chi connectivity index (χ4n) is 2.38. The average molecular weight is 289 g/mol. The quantitative estimate of drug-likeness (QED) is 0.844. The highest BCUT2D eigenvalue weighted by Crippen LogP contribution is 2.18. The zero-order valence-corrected chi connectivity index (χ0v) is 12.9. The van der Waals surface area contributed by atoms with Crippen LogP contribution in [0.2, 0.25) is 0 Å². The molecule has 1 N–H and O–H groups in total. The van der Waals surface area contributed by atoms with Crippen molar-refractivity contribution in [2.24, 2.45) is 11.8 Å². The summed E-state index contributed by atoms with van der Waals surface area (Å²) in [5.74, 6) is 0.232. The summed E-state index contributed by atoms with van der Waals surface area (Å²) in [5.41, 5.74) is 1.17. The van der Waals surface area contributed by atoms with Crippen LogP contribution >= 0.6 is 0 Å². The molecule has 1 aromatic rings. The number of aryl methyl sites for hydroxylation is 1. The normalized spacial score (nSPS) is 18.4. The highest BCUT2D eigenvalue weighted by atomic mass is 16.2. The second-order valence-corrected chi connectivity index (χ2v) is 6.07. The third-order valence-corrected chi connectivity index (χ3v) is 3.83. The first-order valence-electron chi connectivity index (χ1n) is 7.48. The zero-order valence-electron chi connectivity index (χ0n) is 12.9. The Hall–Kier alpha value is -1.91. The first-order valence-corrected chi connectivity index (χ1v) is 7.48. The maximum atomic E-state index is 12.1. The Bertz CT molecular complexity index is 511. The summed E-state index contributed by atoms with van der Waals surface area (Å²) >= 11 is 0. The Kier molecular flexibility index (Phi) is 4.94. The molecule has 1 unspecified atom stereocenters. The van der Waals surface area contributed by atoms with E-state index in [4.69, 9.17) is 0 Å². The average Bonchev–Trinajstić information content (AvgIpc) is 2.78. The van der Waals surface area contributed by atoms with E-state index in [-0.39, 0.29) is 11.8 Å². The smallest absolute Gasteiger partial charge is 0.238 e. The van der Waals surface area contributed by atoms with Crippen molar-refractivity contribution in [2.75, 3.05) is 18.9 Å². The van der Waals surface area contributed by atoms with Crippen molar-refractivity contribution in [1.82, 2.24) is 9.88 Å². The molecule has 0 radical (unpaired) electrons. The lowest BCUT2D eigenvalue weighted by atomic mass is 10.0. The van der Waals surface area contributed by atoms with Crippen LogP contribution in [0.15, 0.2) is 18.3 Å². The molecular weight excluding hydrogens is 266 g/mol. The Morgan fingerprint density at radius 3 is 2.76 bits per heavy atom. The van der Waals surface area contributed by atoms with Gasteiger partial charge in [0.15, 0.2) is 0 Å². The van der Waals surface area contributed by atoms with Gasteiger partial charge < -0.3 is 10.2 Å². The van der Waals surface area contributed by atoms with Gasteiger partial charge in [-0.2, -0.15) is 0 Å². The van der Waals surface area contributed by atoms with Crippen LogP contribution in [0.5, 0.6) is 0 Å². The van der Waals surface area contributed by atoms with Gasteiger partial charge in [-0.15, -0.1) is 0 Å². The van der Waals surface area contributed by atoms with Crippen molar-refractivity contribution in [3.63, 3.8) is 0 Å². The predicted octanol–water partition coefficient (Wildman–Crippen LogP) is 2.09. The summed E-state index contributed by atoms with van der Waals surface area (Å²) in [4.78, 5) is 29.7. The van der Waals surface area contributed by atoms with Crippen LogP contribution in [-0.4, -0.2) is 35.3 Å². The minimum Gasteiger partial charge on any atom is -0.345 e. The summed E-state index contributed by atoms with van der Waals surface area (Å²) < 4.78 is 0. The lowest BCUT2D eigenvalue weighted by molar-refractivity contribution is -0.134. The molecule has 2 amide bonds. The summed E-state index contributed by atoms with van der Waals surface area (Å²) in [7, 11) is 1.72. The first-order chi connectivity index (χ1) is 9.97. The van der Waals surface area contributed by atoms with E-state index in [0.29, 0.717) is 24.7 Å². The molecule has 2 heterocycles. The summed E-state index contributed by atoms with van der Waals surface area (Å²) in [6.07, 6.45) is 4.48. The molecule has 1 aromatic heterocycles. The Morgan fingerprint density at radius 2 is 2.24 bits per heavy atom. The second-order valence-electron chi connectivity index (χ2n) is 6.07. The maximum absolute atomic E-state index is 12.1. The molecule has 21 heavy (non-hydrogen) atoms. The number of hydrogen-bond donors (Lipinski definition) is 1. The molecule has 5 nitrogen and oxygen atoms in total. The Balaban J connectivity index is 1.91. The largest absolute Gasteiger partial charge is 0.345 e.